The van der Waals surface area contributed by atoms with E-state index >= 15 is 0 Å². The van der Waals surface area contributed by atoms with Gasteiger partial charge in [-0.05, 0) is 55.6 Å². The Balaban J connectivity index is 1.23. The summed E-state index contributed by atoms with van der Waals surface area (Å²) in [4.78, 5) is 2.19. The first-order chi connectivity index (χ1) is 14.4. The van der Waals surface area contributed by atoms with E-state index in [4.69, 9.17) is 9.47 Å². The largest absolute Gasteiger partial charge is 0.506 e. The van der Waals surface area contributed by atoms with Crippen molar-refractivity contribution < 1.29 is 27.8 Å². The number of rotatable bonds is 5. The number of anilines is 1. The summed E-state index contributed by atoms with van der Waals surface area (Å²) in [5, 5.41) is 13.4. The van der Waals surface area contributed by atoms with E-state index in [0.29, 0.717) is 30.6 Å². The second-order valence-corrected chi connectivity index (χ2v) is 7.79. The molecule has 0 aliphatic carbocycles. The third-order valence-electron chi connectivity index (χ3n) is 5.63. The molecule has 2 N–H and O–H groups in total. The summed E-state index contributed by atoms with van der Waals surface area (Å²) in [6, 6.07) is 10.7. The first-order valence-electron chi connectivity index (χ1n) is 10.1. The Morgan fingerprint density at radius 3 is 2.53 bits per heavy atom. The summed E-state index contributed by atoms with van der Waals surface area (Å²) in [7, 11) is 0. The van der Waals surface area contributed by atoms with Gasteiger partial charge in [-0.15, -0.1) is 0 Å². The van der Waals surface area contributed by atoms with Crippen LogP contribution in [0.2, 0.25) is 0 Å². The number of alkyl halides is 3. The standard InChI is InChI=1S/C22H25F3N2O3/c23-22(24,25)16-5-6-20-21(11-16)30-17(14-29-20)13-26-12-15-7-9-27(10-8-15)18-3-1-2-4-19(18)28/h1-6,11,15,17,26,28H,7-10,12-14H2/t17-/m0/s1. The molecule has 0 spiro atoms. The highest BCUT2D eigenvalue weighted by atomic mass is 19.4. The zero-order valence-corrected chi connectivity index (χ0v) is 16.5. The Bertz CT molecular complexity index is 867. The number of ether oxygens (including phenoxy) is 2. The first kappa shape index (κ1) is 20.7. The molecule has 2 aliphatic rings. The molecule has 2 aromatic rings. The molecule has 0 saturated carbocycles. The van der Waals surface area contributed by atoms with Crippen molar-refractivity contribution in [2.75, 3.05) is 37.7 Å². The second kappa shape index (κ2) is 8.63. The lowest BCUT2D eigenvalue weighted by atomic mass is 9.96. The summed E-state index contributed by atoms with van der Waals surface area (Å²) >= 11 is 0. The molecule has 0 unspecified atom stereocenters. The lowest BCUT2D eigenvalue weighted by Gasteiger charge is -2.34. The Labute approximate surface area is 173 Å². The van der Waals surface area contributed by atoms with Gasteiger partial charge >= 0.3 is 6.18 Å². The van der Waals surface area contributed by atoms with Crippen molar-refractivity contribution >= 4 is 5.69 Å². The molecular weight excluding hydrogens is 397 g/mol. The van der Waals surface area contributed by atoms with E-state index in [0.717, 1.165) is 50.3 Å². The van der Waals surface area contributed by atoms with Crippen LogP contribution in [0.15, 0.2) is 42.5 Å². The smallest absolute Gasteiger partial charge is 0.416 e. The van der Waals surface area contributed by atoms with Crippen molar-refractivity contribution in [3.8, 4) is 17.2 Å². The van der Waals surface area contributed by atoms with Gasteiger partial charge in [0.2, 0.25) is 0 Å². The van der Waals surface area contributed by atoms with Crippen LogP contribution in [0.4, 0.5) is 18.9 Å². The maximum absolute atomic E-state index is 12.9. The molecule has 5 nitrogen and oxygen atoms in total. The van der Waals surface area contributed by atoms with Gasteiger partial charge in [-0.25, -0.2) is 0 Å². The predicted octanol–water partition coefficient (Wildman–Crippen LogP) is 4.06. The van der Waals surface area contributed by atoms with Crippen molar-refractivity contribution in [1.82, 2.24) is 5.32 Å². The molecule has 2 aromatic carbocycles. The van der Waals surface area contributed by atoms with Gasteiger partial charge < -0.3 is 24.8 Å². The molecule has 4 rings (SSSR count). The van der Waals surface area contributed by atoms with Gasteiger partial charge in [0.25, 0.3) is 0 Å². The fourth-order valence-corrected chi connectivity index (χ4v) is 3.95. The topological polar surface area (TPSA) is 54.0 Å². The molecule has 2 heterocycles. The van der Waals surface area contributed by atoms with Gasteiger partial charge in [0.15, 0.2) is 11.5 Å². The van der Waals surface area contributed by atoms with Crippen LogP contribution in [0.3, 0.4) is 0 Å². The number of nitrogens with one attached hydrogen (secondary N) is 1. The van der Waals surface area contributed by atoms with Gasteiger partial charge in [-0.3, -0.25) is 0 Å². The van der Waals surface area contributed by atoms with Gasteiger partial charge in [-0.2, -0.15) is 13.2 Å². The zero-order chi connectivity index (χ0) is 21.1. The van der Waals surface area contributed by atoms with Crippen LogP contribution >= 0.6 is 0 Å². The van der Waals surface area contributed by atoms with Crippen LogP contribution < -0.4 is 19.7 Å². The predicted molar refractivity (Wildman–Crippen MR) is 107 cm³/mol. The van der Waals surface area contributed by atoms with Crippen molar-refractivity contribution in [3.05, 3.63) is 48.0 Å². The van der Waals surface area contributed by atoms with Crippen molar-refractivity contribution in [3.63, 3.8) is 0 Å². The van der Waals surface area contributed by atoms with Crippen LogP contribution in [-0.4, -0.2) is 44.0 Å². The Morgan fingerprint density at radius 2 is 1.80 bits per heavy atom. The van der Waals surface area contributed by atoms with E-state index in [1.54, 1.807) is 6.07 Å². The molecule has 1 atom stereocenters. The molecule has 30 heavy (non-hydrogen) atoms. The summed E-state index contributed by atoms with van der Waals surface area (Å²) < 4.78 is 50.0. The third-order valence-corrected chi connectivity index (χ3v) is 5.63. The van der Waals surface area contributed by atoms with Gasteiger partial charge in [0.05, 0.1) is 11.3 Å². The van der Waals surface area contributed by atoms with E-state index in [2.05, 4.69) is 10.2 Å². The number of aromatic hydroxyl groups is 1. The third kappa shape index (κ3) is 4.75. The van der Waals surface area contributed by atoms with Crippen LogP contribution in [0, 0.1) is 5.92 Å². The maximum Gasteiger partial charge on any atom is 0.416 e. The zero-order valence-electron chi connectivity index (χ0n) is 16.5. The number of hydrogen-bond donors (Lipinski definition) is 2. The Kier molecular flexibility index (Phi) is 5.94. The number of phenols is 1. The van der Waals surface area contributed by atoms with E-state index in [9.17, 15) is 18.3 Å². The molecule has 1 saturated heterocycles. The molecular formula is C22H25F3N2O3. The molecule has 0 aromatic heterocycles. The normalized spacial score (nSPS) is 19.7. The molecule has 0 bridgehead atoms. The molecule has 8 heteroatoms. The van der Waals surface area contributed by atoms with Gasteiger partial charge in [0.1, 0.15) is 18.5 Å². The fourth-order valence-electron chi connectivity index (χ4n) is 3.95. The quantitative estimate of drug-likeness (QED) is 0.761. The average Bonchev–Trinajstić information content (AvgIpc) is 2.73. The maximum atomic E-state index is 12.9. The lowest BCUT2D eigenvalue weighted by Crippen LogP contribution is -2.42. The van der Waals surface area contributed by atoms with Crippen LogP contribution in [-0.2, 0) is 6.18 Å². The number of halogens is 3. The van der Waals surface area contributed by atoms with Crippen molar-refractivity contribution in [2.45, 2.75) is 25.1 Å². The van der Waals surface area contributed by atoms with Crippen molar-refractivity contribution in [2.24, 2.45) is 5.92 Å². The first-order valence-corrected chi connectivity index (χ1v) is 10.1. The highest BCUT2D eigenvalue weighted by molar-refractivity contribution is 5.57. The Hall–Kier alpha value is -2.61. The number of hydrogen-bond acceptors (Lipinski definition) is 5. The van der Waals surface area contributed by atoms with Gasteiger partial charge in [0, 0.05) is 19.6 Å². The monoisotopic (exact) mass is 422 g/mol. The fraction of sp³-hybridized carbons (Fsp3) is 0.455. The second-order valence-electron chi connectivity index (χ2n) is 7.79. The summed E-state index contributed by atoms with van der Waals surface area (Å²) in [6.45, 7) is 3.37. The summed E-state index contributed by atoms with van der Waals surface area (Å²) in [5.74, 6) is 1.29. The number of phenolic OH excluding ortho intramolecular Hbond substituents is 1. The minimum Gasteiger partial charge on any atom is -0.506 e. The molecule has 2 aliphatic heterocycles. The van der Waals surface area contributed by atoms with E-state index < -0.39 is 11.7 Å². The number of para-hydroxylation sites is 2. The number of fused-ring (bicyclic) bond motifs is 1. The summed E-state index contributed by atoms with van der Waals surface area (Å²) in [5.41, 5.74) is 0.128. The van der Waals surface area contributed by atoms with Crippen LogP contribution in [0.5, 0.6) is 17.2 Å². The average molecular weight is 422 g/mol. The van der Waals surface area contributed by atoms with Crippen LogP contribution in [0.1, 0.15) is 18.4 Å². The number of nitrogens with zero attached hydrogens (tertiary/aromatic N) is 1. The molecule has 0 amide bonds. The molecule has 1 fully saturated rings. The SMILES string of the molecule is Oc1ccccc1N1CCC(CNC[C@H]2COc3ccc(C(F)(F)F)cc3O2)CC1. The molecule has 162 valence electrons. The number of piperidine rings is 1. The van der Waals surface area contributed by atoms with Gasteiger partial charge in [-0.1, -0.05) is 12.1 Å². The van der Waals surface area contributed by atoms with E-state index in [1.807, 2.05) is 18.2 Å². The van der Waals surface area contributed by atoms with Crippen LogP contribution in [0.25, 0.3) is 0 Å². The molecule has 0 radical (unpaired) electrons. The highest BCUT2D eigenvalue weighted by Gasteiger charge is 2.33. The minimum atomic E-state index is -4.41. The van der Waals surface area contributed by atoms with E-state index in [-0.39, 0.29) is 11.9 Å². The van der Waals surface area contributed by atoms with E-state index in [1.165, 1.54) is 6.07 Å². The minimum absolute atomic E-state index is 0.138. The number of benzene rings is 2. The Morgan fingerprint density at radius 1 is 1.03 bits per heavy atom. The summed E-state index contributed by atoms with van der Waals surface area (Å²) in [6.07, 6.45) is -2.74. The van der Waals surface area contributed by atoms with Crippen molar-refractivity contribution in [1.29, 1.82) is 0 Å². The highest BCUT2D eigenvalue weighted by Crippen LogP contribution is 2.38. The lowest BCUT2D eigenvalue weighted by molar-refractivity contribution is -0.137.